The number of carboxylic acid groups (broad SMARTS) is 1. The van der Waals surface area contributed by atoms with E-state index in [1.54, 1.807) is 18.2 Å². The molecule has 0 heterocycles. The minimum Gasteiger partial charge on any atom is -0.478 e. The number of benzene rings is 1. The van der Waals surface area contributed by atoms with Gasteiger partial charge in [0.15, 0.2) is 0 Å². The normalized spacial score (nSPS) is 11.5. The van der Waals surface area contributed by atoms with Gasteiger partial charge in [-0.3, -0.25) is 0 Å². The average molecular weight is 282 g/mol. The summed E-state index contributed by atoms with van der Waals surface area (Å²) in [6.07, 6.45) is 0. The molecule has 0 saturated carbocycles. The highest BCUT2D eigenvalue weighted by Crippen LogP contribution is 2.32. The van der Waals surface area contributed by atoms with Crippen molar-refractivity contribution in [1.29, 1.82) is 0 Å². The van der Waals surface area contributed by atoms with Crippen molar-refractivity contribution >= 4 is 29.5 Å². The van der Waals surface area contributed by atoms with Crippen molar-refractivity contribution in [1.82, 2.24) is 0 Å². The lowest BCUT2D eigenvalue weighted by Crippen LogP contribution is -2.03. The van der Waals surface area contributed by atoms with Crippen LogP contribution in [0.25, 0.3) is 0 Å². The van der Waals surface area contributed by atoms with Crippen molar-refractivity contribution in [3.63, 3.8) is 0 Å². The van der Waals surface area contributed by atoms with Crippen LogP contribution >= 0.6 is 23.5 Å². The van der Waals surface area contributed by atoms with E-state index in [1.807, 2.05) is 0 Å². The smallest absolute Gasteiger partial charge is 0.441 e. The number of thioether (sulfide) groups is 2. The Hall–Kier alpha value is -0.820. The molecule has 0 amide bonds. The highest BCUT2D eigenvalue weighted by molar-refractivity contribution is 8.03. The number of carbonyl (C=O) groups is 1. The minimum absolute atomic E-state index is 0.0951. The molecule has 94 valence electrons. The number of carboxylic acids is 1. The Morgan fingerprint density at radius 1 is 1.24 bits per heavy atom. The Kier molecular flexibility index (Phi) is 5.20. The van der Waals surface area contributed by atoms with E-state index in [0.29, 0.717) is 4.90 Å². The molecule has 0 aromatic heterocycles. The lowest BCUT2D eigenvalue weighted by Gasteiger charge is -2.06. The van der Waals surface area contributed by atoms with E-state index in [4.69, 9.17) is 5.11 Å². The number of rotatable bonds is 5. The molecule has 0 radical (unpaired) electrons. The summed E-state index contributed by atoms with van der Waals surface area (Å²) in [6.45, 7) is 0. The fourth-order valence-electron chi connectivity index (χ4n) is 1.08. The first kappa shape index (κ1) is 14.2. The fraction of sp³-hybridized carbons (Fsp3) is 0.300. The molecule has 0 aliphatic rings. The number of alkyl halides is 3. The maximum absolute atomic E-state index is 11.8. The van der Waals surface area contributed by atoms with Gasteiger partial charge in [-0.2, -0.15) is 13.2 Å². The summed E-state index contributed by atoms with van der Waals surface area (Å²) in [7, 11) is 0. The summed E-state index contributed by atoms with van der Waals surface area (Å²) in [4.78, 5) is 11.3. The van der Waals surface area contributed by atoms with Gasteiger partial charge in [0.05, 0.1) is 5.56 Å². The van der Waals surface area contributed by atoms with E-state index in [0.717, 1.165) is 11.8 Å². The number of aromatic carboxylic acids is 1. The van der Waals surface area contributed by atoms with Crippen molar-refractivity contribution in [2.45, 2.75) is 10.4 Å². The summed E-state index contributed by atoms with van der Waals surface area (Å²) in [5, 5.41) is 8.85. The molecule has 0 saturated heterocycles. The highest BCUT2D eigenvalue weighted by atomic mass is 32.2. The molecule has 0 atom stereocenters. The summed E-state index contributed by atoms with van der Waals surface area (Å²) in [6, 6.07) is 6.26. The maximum Gasteiger partial charge on any atom is 0.441 e. The van der Waals surface area contributed by atoms with Gasteiger partial charge in [0, 0.05) is 16.4 Å². The van der Waals surface area contributed by atoms with Crippen LogP contribution in [0.15, 0.2) is 29.2 Å². The van der Waals surface area contributed by atoms with Crippen molar-refractivity contribution in [3.8, 4) is 0 Å². The second kappa shape index (κ2) is 6.20. The third kappa shape index (κ3) is 5.36. The van der Waals surface area contributed by atoms with Crippen LogP contribution in [-0.2, 0) is 0 Å². The van der Waals surface area contributed by atoms with Gasteiger partial charge < -0.3 is 5.11 Å². The van der Waals surface area contributed by atoms with E-state index in [2.05, 4.69) is 0 Å². The highest BCUT2D eigenvalue weighted by Gasteiger charge is 2.27. The second-order valence-corrected chi connectivity index (χ2v) is 5.24. The zero-order valence-electron chi connectivity index (χ0n) is 8.53. The van der Waals surface area contributed by atoms with Crippen LogP contribution in [0.3, 0.4) is 0 Å². The molecule has 0 bridgehead atoms. The molecular weight excluding hydrogens is 273 g/mol. The molecule has 17 heavy (non-hydrogen) atoms. The second-order valence-electron chi connectivity index (χ2n) is 2.94. The lowest BCUT2D eigenvalue weighted by atomic mass is 10.2. The molecule has 1 aromatic carbocycles. The fourth-order valence-corrected chi connectivity index (χ4v) is 2.68. The largest absolute Gasteiger partial charge is 0.478 e. The summed E-state index contributed by atoms with van der Waals surface area (Å²) >= 11 is 1.01. The first-order valence-electron chi connectivity index (χ1n) is 4.56. The van der Waals surface area contributed by atoms with Crippen molar-refractivity contribution in [3.05, 3.63) is 29.8 Å². The van der Waals surface area contributed by atoms with Crippen LogP contribution in [0, 0.1) is 0 Å². The number of halogens is 3. The van der Waals surface area contributed by atoms with Crippen LogP contribution in [0.5, 0.6) is 0 Å². The first-order valence-corrected chi connectivity index (χ1v) is 6.53. The van der Waals surface area contributed by atoms with Crippen molar-refractivity contribution in [2.24, 2.45) is 0 Å². The SMILES string of the molecule is O=C(O)c1ccccc1SCCSC(F)(F)F. The van der Waals surface area contributed by atoms with Crippen molar-refractivity contribution < 1.29 is 23.1 Å². The van der Waals surface area contributed by atoms with Crippen LogP contribution < -0.4 is 0 Å². The molecule has 1 N–H and O–H groups in total. The standard InChI is InChI=1S/C10H9F3O2S2/c11-10(12,13)17-6-5-16-8-4-2-1-3-7(8)9(14)15/h1-4H,5-6H2,(H,14,15). The molecule has 0 aliphatic heterocycles. The van der Waals surface area contributed by atoms with Crippen molar-refractivity contribution in [2.75, 3.05) is 11.5 Å². The van der Waals surface area contributed by atoms with Gasteiger partial charge in [0.1, 0.15) is 0 Å². The molecule has 2 nitrogen and oxygen atoms in total. The lowest BCUT2D eigenvalue weighted by molar-refractivity contribution is -0.0326. The Bertz CT molecular complexity index is 393. The summed E-state index contributed by atoms with van der Waals surface area (Å²) in [5.74, 6) is -0.951. The van der Waals surface area contributed by atoms with Gasteiger partial charge in [-0.05, 0) is 12.1 Å². The summed E-state index contributed by atoms with van der Waals surface area (Å²) < 4.78 is 35.5. The van der Waals surface area contributed by atoms with E-state index in [9.17, 15) is 18.0 Å². The molecule has 1 rings (SSSR count). The predicted molar refractivity (Wildman–Crippen MR) is 62.6 cm³/mol. The Morgan fingerprint density at radius 2 is 1.88 bits per heavy atom. The van der Waals surface area contributed by atoms with E-state index in [1.165, 1.54) is 6.07 Å². The summed E-state index contributed by atoms with van der Waals surface area (Å²) in [5.41, 5.74) is -4.11. The third-order valence-electron chi connectivity index (χ3n) is 1.72. The van der Waals surface area contributed by atoms with E-state index < -0.39 is 11.5 Å². The minimum atomic E-state index is -4.23. The monoisotopic (exact) mass is 282 g/mol. The Balaban J connectivity index is 2.49. The third-order valence-corrected chi connectivity index (χ3v) is 3.79. The zero-order valence-corrected chi connectivity index (χ0v) is 10.2. The predicted octanol–water partition coefficient (Wildman–Crippen LogP) is 3.73. The molecule has 7 heteroatoms. The van der Waals surface area contributed by atoms with E-state index in [-0.39, 0.29) is 28.8 Å². The van der Waals surface area contributed by atoms with Gasteiger partial charge >= 0.3 is 11.5 Å². The van der Waals surface area contributed by atoms with Gasteiger partial charge in [-0.15, -0.1) is 11.8 Å². The number of hydrogen-bond acceptors (Lipinski definition) is 3. The molecule has 0 fully saturated rings. The first-order chi connectivity index (χ1) is 7.90. The van der Waals surface area contributed by atoms with Gasteiger partial charge in [0.2, 0.25) is 0 Å². The Labute approximate surface area is 105 Å². The van der Waals surface area contributed by atoms with Crippen LogP contribution in [0.2, 0.25) is 0 Å². The van der Waals surface area contributed by atoms with Gasteiger partial charge in [-0.1, -0.05) is 23.9 Å². The quantitative estimate of drug-likeness (QED) is 0.659. The van der Waals surface area contributed by atoms with Gasteiger partial charge in [0.25, 0.3) is 0 Å². The van der Waals surface area contributed by atoms with Crippen LogP contribution in [0.1, 0.15) is 10.4 Å². The molecular formula is C10H9F3O2S2. The topological polar surface area (TPSA) is 37.3 Å². The maximum atomic E-state index is 11.8. The molecule has 0 unspecified atom stereocenters. The molecule has 1 aromatic rings. The average Bonchev–Trinajstić information content (AvgIpc) is 2.23. The molecule has 0 aliphatic carbocycles. The Morgan fingerprint density at radius 3 is 2.47 bits per heavy atom. The van der Waals surface area contributed by atoms with Crippen LogP contribution in [-0.4, -0.2) is 28.1 Å². The zero-order chi connectivity index (χ0) is 12.9. The molecule has 0 spiro atoms. The van der Waals surface area contributed by atoms with Crippen LogP contribution in [0.4, 0.5) is 13.2 Å². The van der Waals surface area contributed by atoms with E-state index >= 15 is 0 Å². The van der Waals surface area contributed by atoms with Gasteiger partial charge in [-0.25, -0.2) is 4.79 Å². The number of hydrogen-bond donors (Lipinski definition) is 1.